The van der Waals surface area contributed by atoms with Gasteiger partial charge < -0.3 is 10.6 Å². The maximum Gasteiger partial charge on any atom is 0.108 e. The van der Waals surface area contributed by atoms with E-state index < -0.39 is 0 Å². The number of nitrogens with zero attached hydrogens (tertiary/aromatic N) is 2. The molecule has 3 N–H and O–H groups in total. The zero-order valence-corrected chi connectivity index (χ0v) is 8.58. The van der Waals surface area contributed by atoms with Crippen LogP contribution in [0.1, 0.15) is 13.8 Å². The smallest absolute Gasteiger partial charge is 0.108 e. The minimum Gasteiger partial charge on any atom is -0.386 e. The van der Waals surface area contributed by atoms with Gasteiger partial charge in [0.1, 0.15) is 5.84 Å². The summed E-state index contributed by atoms with van der Waals surface area (Å²) in [5.74, 6) is 0.282. The molecule has 1 unspecified atom stereocenters. The highest BCUT2D eigenvalue weighted by Gasteiger charge is 2.21. The number of rotatable bonds is 3. The highest BCUT2D eigenvalue weighted by atomic mass is 15.3. The molecule has 0 saturated carbocycles. The van der Waals surface area contributed by atoms with Crippen LogP contribution in [0.3, 0.4) is 0 Å². The van der Waals surface area contributed by atoms with Crippen molar-refractivity contribution in [2.75, 3.05) is 32.7 Å². The van der Waals surface area contributed by atoms with Gasteiger partial charge in [-0.15, -0.1) is 0 Å². The van der Waals surface area contributed by atoms with Gasteiger partial charge in [0.2, 0.25) is 0 Å². The van der Waals surface area contributed by atoms with Gasteiger partial charge in [-0.25, -0.2) is 0 Å². The van der Waals surface area contributed by atoms with Gasteiger partial charge in [0.25, 0.3) is 0 Å². The molecule has 1 saturated heterocycles. The molecular weight excluding hydrogens is 164 g/mol. The zero-order valence-electron chi connectivity index (χ0n) is 8.58. The van der Waals surface area contributed by atoms with Gasteiger partial charge >= 0.3 is 0 Å². The molecule has 1 heterocycles. The Morgan fingerprint density at radius 1 is 1.38 bits per heavy atom. The molecule has 0 amide bonds. The fourth-order valence-electron chi connectivity index (χ4n) is 1.66. The third-order valence-electron chi connectivity index (χ3n) is 2.85. The topological polar surface area (TPSA) is 56.4 Å². The lowest BCUT2D eigenvalue weighted by Gasteiger charge is -2.37. The average Bonchev–Trinajstić information content (AvgIpc) is 2.17. The average molecular weight is 184 g/mol. The summed E-state index contributed by atoms with van der Waals surface area (Å²) in [6.07, 6.45) is 0. The van der Waals surface area contributed by atoms with Crippen LogP contribution in [0, 0.1) is 5.41 Å². The van der Waals surface area contributed by atoms with E-state index in [9.17, 15) is 0 Å². The molecule has 0 radical (unpaired) electrons. The third kappa shape index (κ3) is 2.67. The number of amidine groups is 1. The molecule has 0 aromatic heterocycles. The van der Waals surface area contributed by atoms with E-state index in [1.54, 1.807) is 0 Å². The Morgan fingerprint density at radius 2 is 1.92 bits per heavy atom. The van der Waals surface area contributed by atoms with Gasteiger partial charge in [-0.1, -0.05) is 6.92 Å². The second-order valence-corrected chi connectivity index (χ2v) is 3.60. The van der Waals surface area contributed by atoms with Gasteiger partial charge in [-0.3, -0.25) is 10.3 Å². The summed E-state index contributed by atoms with van der Waals surface area (Å²) in [7, 11) is 0. The van der Waals surface area contributed by atoms with E-state index in [1.807, 2.05) is 6.92 Å². The molecule has 1 rings (SSSR count). The fraction of sp³-hybridized carbons (Fsp3) is 0.889. The first kappa shape index (κ1) is 10.5. The fourth-order valence-corrected chi connectivity index (χ4v) is 1.66. The molecule has 4 heteroatoms. The van der Waals surface area contributed by atoms with Crippen LogP contribution in [0.2, 0.25) is 0 Å². The Morgan fingerprint density at radius 3 is 2.31 bits per heavy atom. The Labute approximate surface area is 80.2 Å². The number of hydrogen-bond donors (Lipinski definition) is 2. The van der Waals surface area contributed by atoms with Gasteiger partial charge in [0.15, 0.2) is 0 Å². The van der Waals surface area contributed by atoms with E-state index in [4.69, 9.17) is 11.1 Å². The number of nitrogens with one attached hydrogen (secondary N) is 1. The molecule has 0 aromatic carbocycles. The predicted molar refractivity (Wildman–Crippen MR) is 55.1 cm³/mol. The lowest BCUT2D eigenvalue weighted by Crippen LogP contribution is -2.52. The van der Waals surface area contributed by atoms with Gasteiger partial charge in [0.05, 0.1) is 6.04 Å². The molecule has 4 nitrogen and oxygen atoms in total. The van der Waals surface area contributed by atoms with Gasteiger partial charge in [-0.05, 0) is 13.5 Å². The maximum atomic E-state index is 7.35. The van der Waals surface area contributed by atoms with Crippen molar-refractivity contribution in [2.45, 2.75) is 19.9 Å². The molecule has 1 fully saturated rings. The van der Waals surface area contributed by atoms with Crippen LogP contribution in [-0.2, 0) is 0 Å². The van der Waals surface area contributed by atoms with Crippen molar-refractivity contribution in [1.29, 1.82) is 5.41 Å². The lowest BCUT2D eigenvalue weighted by atomic mass is 10.2. The molecule has 1 aliphatic heterocycles. The van der Waals surface area contributed by atoms with Crippen LogP contribution >= 0.6 is 0 Å². The SMILES string of the molecule is CCN1CCN(C(C)C(=N)N)CC1. The van der Waals surface area contributed by atoms with Crippen molar-refractivity contribution < 1.29 is 0 Å². The van der Waals surface area contributed by atoms with Gasteiger partial charge in [-0.2, -0.15) is 0 Å². The van der Waals surface area contributed by atoms with Crippen molar-refractivity contribution in [1.82, 2.24) is 9.80 Å². The largest absolute Gasteiger partial charge is 0.386 e. The standard InChI is InChI=1S/C9H20N4/c1-3-12-4-6-13(7-5-12)8(2)9(10)11/h8H,3-7H2,1-2H3,(H3,10,11). The van der Waals surface area contributed by atoms with Crippen LogP contribution in [0.15, 0.2) is 0 Å². The van der Waals surface area contributed by atoms with Crippen LogP contribution < -0.4 is 5.73 Å². The second-order valence-electron chi connectivity index (χ2n) is 3.60. The summed E-state index contributed by atoms with van der Waals surface area (Å²) in [6, 6.07) is 0.110. The minimum atomic E-state index is 0.110. The Kier molecular flexibility index (Phi) is 3.69. The van der Waals surface area contributed by atoms with Crippen LogP contribution in [0.4, 0.5) is 0 Å². The molecule has 13 heavy (non-hydrogen) atoms. The molecule has 0 aromatic rings. The quantitative estimate of drug-likeness (QED) is 0.477. The Hall–Kier alpha value is -0.610. The number of hydrogen-bond acceptors (Lipinski definition) is 3. The molecule has 0 aliphatic carbocycles. The zero-order chi connectivity index (χ0) is 9.84. The normalized spacial score (nSPS) is 22.9. The molecule has 76 valence electrons. The lowest BCUT2D eigenvalue weighted by molar-refractivity contribution is 0.126. The molecule has 0 spiro atoms. The highest BCUT2D eigenvalue weighted by molar-refractivity contribution is 5.82. The van der Waals surface area contributed by atoms with Crippen LogP contribution in [0.5, 0.6) is 0 Å². The summed E-state index contributed by atoms with van der Waals surface area (Å²) in [5.41, 5.74) is 5.46. The molecule has 0 bridgehead atoms. The summed E-state index contributed by atoms with van der Waals surface area (Å²) in [4.78, 5) is 4.69. The van der Waals surface area contributed by atoms with Crippen LogP contribution in [0.25, 0.3) is 0 Å². The van der Waals surface area contributed by atoms with Crippen LogP contribution in [-0.4, -0.2) is 54.4 Å². The number of piperazine rings is 1. The van der Waals surface area contributed by atoms with E-state index in [0.29, 0.717) is 0 Å². The first-order chi connectivity index (χ1) is 6.15. The minimum absolute atomic E-state index is 0.110. The van der Waals surface area contributed by atoms with Crippen molar-refractivity contribution >= 4 is 5.84 Å². The van der Waals surface area contributed by atoms with Crippen molar-refractivity contribution in [3.8, 4) is 0 Å². The van der Waals surface area contributed by atoms with E-state index in [1.165, 1.54) is 0 Å². The van der Waals surface area contributed by atoms with Crippen molar-refractivity contribution in [2.24, 2.45) is 5.73 Å². The molecule has 1 atom stereocenters. The van der Waals surface area contributed by atoms with E-state index in [2.05, 4.69) is 16.7 Å². The van der Waals surface area contributed by atoms with Crippen molar-refractivity contribution in [3.63, 3.8) is 0 Å². The number of likely N-dealkylation sites (N-methyl/N-ethyl adjacent to an activating group) is 1. The Bertz CT molecular complexity index is 172. The highest BCUT2D eigenvalue weighted by Crippen LogP contribution is 2.05. The van der Waals surface area contributed by atoms with E-state index >= 15 is 0 Å². The Balaban J connectivity index is 2.36. The van der Waals surface area contributed by atoms with Crippen molar-refractivity contribution in [3.05, 3.63) is 0 Å². The predicted octanol–water partition coefficient (Wildman–Crippen LogP) is -0.0516. The van der Waals surface area contributed by atoms with E-state index in [-0.39, 0.29) is 11.9 Å². The third-order valence-corrected chi connectivity index (χ3v) is 2.85. The first-order valence-electron chi connectivity index (χ1n) is 4.95. The van der Waals surface area contributed by atoms with E-state index in [0.717, 1.165) is 32.7 Å². The summed E-state index contributed by atoms with van der Waals surface area (Å²) in [5, 5.41) is 7.35. The number of nitrogens with two attached hydrogens (primary N) is 1. The van der Waals surface area contributed by atoms with Gasteiger partial charge in [0, 0.05) is 26.2 Å². The maximum absolute atomic E-state index is 7.35. The summed E-state index contributed by atoms with van der Waals surface area (Å²) >= 11 is 0. The second kappa shape index (κ2) is 4.58. The first-order valence-corrected chi connectivity index (χ1v) is 4.95. The molecular formula is C9H20N4. The monoisotopic (exact) mass is 184 g/mol. The summed E-state index contributed by atoms with van der Waals surface area (Å²) in [6.45, 7) is 9.60. The molecule has 1 aliphatic rings. The summed E-state index contributed by atoms with van der Waals surface area (Å²) < 4.78 is 0.